The van der Waals surface area contributed by atoms with E-state index >= 15 is 0 Å². The van der Waals surface area contributed by atoms with Crippen LogP contribution < -0.4 is 15.4 Å². The number of halogens is 1. The van der Waals surface area contributed by atoms with Crippen molar-refractivity contribution in [1.82, 2.24) is 20.3 Å². The smallest absolute Gasteiger partial charge is 0.213 e. The fraction of sp³-hybridized carbons (Fsp3) is 0.750. The van der Waals surface area contributed by atoms with Gasteiger partial charge < -0.3 is 15.4 Å². The summed E-state index contributed by atoms with van der Waals surface area (Å²) in [4.78, 5) is 8.51. The van der Waals surface area contributed by atoms with Crippen LogP contribution in [-0.4, -0.2) is 64.5 Å². The van der Waals surface area contributed by atoms with Crippen LogP contribution in [-0.2, 0) is 21.2 Å². The summed E-state index contributed by atoms with van der Waals surface area (Å²) in [5, 5.41) is 9.29. The first-order chi connectivity index (χ1) is 12.5. The second-order valence-corrected chi connectivity index (χ2v) is 9.18. The molecule has 1 unspecified atom stereocenters. The predicted molar refractivity (Wildman–Crippen MR) is 121 cm³/mol. The van der Waals surface area contributed by atoms with Gasteiger partial charge in [0.05, 0.1) is 22.6 Å². The number of hydrogen-bond acceptors (Lipinski definition) is 6. The molecule has 8 nitrogen and oxygen atoms in total. The lowest BCUT2D eigenvalue weighted by Gasteiger charge is -2.22. The number of guanidine groups is 1. The number of ether oxygens (including phenoxy) is 1. The number of sulfonamides is 1. The molecule has 1 aliphatic heterocycles. The molecule has 3 N–H and O–H groups in total. The zero-order valence-electron chi connectivity index (χ0n) is 15.9. The van der Waals surface area contributed by atoms with Gasteiger partial charge in [-0.05, 0) is 26.2 Å². The van der Waals surface area contributed by atoms with E-state index in [1.165, 1.54) is 0 Å². The fourth-order valence-corrected chi connectivity index (χ4v) is 4.22. The van der Waals surface area contributed by atoms with Gasteiger partial charge in [-0.15, -0.1) is 35.3 Å². The Morgan fingerprint density at radius 3 is 2.78 bits per heavy atom. The third kappa shape index (κ3) is 10.0. The molecule has 0 bridgehead atoms. The Balaban J connectivity index is 0.00000364. The number of aromatic nitrogens is 1. The Hall–Kier alpha value is -0.500. The maximum Gasteiger partial charge on any atom is 0.213 e. The zero-order valence-corrected chi connectivity index (χ0v) is 19.8. The van der Waals surface area contributed by atoms with Crippen LogP contribution >= 0.6 is 35.3 Å². The van der Waals surface area contributed by atoms with Crippen LogP contribution in [0.2, 0.25) is 0 Å². The van der Waals surface area contributed by atoms with Crippen molar-refractivity contribution in [1.29, 1.82) is 0 Å². The molecule has 2 rings (SSSR count). The van der Waals surface area contributed by atoms with Crippen LogP contribution in [0.3, 0.4) is 0 Å². The van der Waals surface area contributed by atoms with Crippen LogP contribution in [0.5, 0.6) is 0 Å². The summed E-state index contributed by atoms with van der Waals surface area (Å²) in [6.45, 7) is 4.03. The molecule has 1 aromatic heterocycles. The molecule has 1 aliphatic rings. The molecule has 0 amide bonds. The van der Waals surface area contributed by atoms with Crippen molar-refractivity contribution in [2.45, 2.75) is 38.7 Å². The van der Waals surface area contributed by atoms with Crippen LogP contribution in [0.4, 0.5) is 0 Å². The van der Waals surface area contributed by atoms with E-state index in [1.807, 2.05) is 12.3 Å². The number of aryl methyl sites for hydroxylation is 1. The summed E-state index contributed by atoms with van der Waals surface area (Å²) in [6.07, 6.45) is 3.86. The van der Waals surface area contributed by atoms with E-state index in [9.17, 15) is 8.42 Å². The summed E-state index contributed by atoms with van der Waals surface area (Å²) in [5.74, 6) is 0.578. The quantitative estimate of drug-likeness (QED) is 0.252. The molecule has 1 atom stereocenters. The van der Waals surface area contributed by atoms with Crippen LogP contribution in [0.15, 0.2) is 10.4 Å². The second kappa shape index (κ2) is 12.9. The molecule has 156 valence electrons. The number of nitrogens with one attached hydrogen (secondary N) is 3. The van der Waals surface area contributed by atoms with Gasteiger partial charge in [0.15, 0.2) is 5.96 Å². The minimum Gasteiger partial charge on any atom is -0.377 e. The van der Waals surface area contributed by atoms with Crippen molar-refractivity contribution < 1.29 is 13.2 Å². The summed E-state index contributed by atoms with van der Waals surface area (Å²) in [6, 6.07) is 0. The largest absolute Gasteiger partial charge is 0.377 e. The number of rotatable bonds is 9. The lowest BCUT2D eigenvalue weighted by atomic mass is 10.1. The van der Waals surface area contributed by atoms with Gasteiger partial charge in [-0.3, -0.25) is 4.99 Å². The fourth-order valence-electron chi connectivity index (χ4n) is 2.62. The van der Waals surface area contributed by atoms with Gasteiger partial charge in [0.25, 0.3) is 0 Å². The normalized spacial score (nSPS) is 18.0. The molecule has 1 aromatic rings. The molecular weight excluding hydrogens is 501 g/mol. The third-order valence-corrected chi connectivity index (χ3v) is 6.20. The Morgan fingerprint density at radius 1 is 1.37 bits per heavy atom. The van der Waals surface area contributed by atoms with E-state index in [2.05, 4.69) is 25.3 Å². The summed E-state index contributed by atoms with van der Waals surface area (Å²) >= 11 is 1.63. The van der Waals surface area contributed by atoms with E-state index in [0.29, 0.717) is 19.0 Å². The van der Waals surface area contributed by atoms with Crippen molar-refractivity contribution in [2.75, 3.05) is 39.0 Å². The highest BCUT2D eigenvalue weighted by Gasteiger charge is 2.17. The third-order valence-electron chi connectivity index (χ3n) is 4.03. The SMILES string of the molecule is CN=C(NCCc1csc(C)n1)NCCS(=O)(=O)NCC1CCCCO1.I. The Bertz CT molecular complexity index is 675. The van der Waals surface area contributed by atoms with Gasteiger partial charge in [-0.2, -0.15) is 0 Å². The van der Waals surface area contributed by atoms with Crippen molar-refractivity contribution in [2.24, 2.45) is 4.99 Å². The van der Waals surface area contributed by atoms with Crippen molar-refractivity contribution >= 4 is 51.3 Å². The van der Waals surface area contributed by atoms with E-state index in [-0.39, 0.29) is 42.4 Å². The minimum absolute atomic E-state index is 0. The average Bonchev–Trinajstić information content (AvgIpc) is 3.05. The monoisotopic (exact) mass is 531 g/mol. The van der Waals surface area contributed by atoms with Gasteiger partial charge in [-0.25, -0.2) is 18.1 Å². The summed E-state index contributed by atoms with van der Waals surface area (Å²) in [7, 11) is -1.67. The minimum atomic E-state index is -3.33. The zero-order chi connectivity index (χ0) is 18.8. The number of aliphatic imine (C=N–C) groups is 1. The van der Waals surface area contributed by atoms with Crippen molar-refractivity contribution in [3.05, 3.63) is 16.1 Å². The van der Waals surface area contributed by atoms with Crippen molar-refractivity contribution in [3.63, 3.8) is 0 Å². The molecule has 0 radical (unpaired) electrons. The highest BCUT2D eigenvalue weighted by Crippen LogP contribution is 2.11. The Morgan fingerprint density at radius 2 is 2.15 bits per heavy atom. The van der Waals surface area contributed by atoms with Gasteiger partial charge in [0.2, 0.25) is 10.0 Å². The molecule has 0 saturated carbocycles. The first kappa shape index (κ1) is 24.5. The van der Waals surface area contributed by atoms with Gasteiger partial charge >= 0.3 is 0 Å². The summed E-state index contributed by atoms with van der Waals surface area (Å²) in [5.41, 5.74) is 1.05. The van der Waals surface area contributed by atoms with Gasteiger partial charge in [0.1, 0.15) is 0 Å². The lowest BCUT2D eigenvalue weighted by Crippen LogP contribution is -2.43. The molecule has 0 aliphatic carbocycles. The first-order valence-corrected chi connectivity index (χ1v) is 11.5. The number of thiazole rings is 1. The molecule has 1 saturated heterocycles. The van der Waals surface area contributed by atoms with Crippen LogP contribution in [0, 0.1) is 6.92 Å². The molecule has 0 aromatic carbocycles. The molecule has 27 heavy (non-hydrogen) atoms. The second-order valence-electron chi connectivity index (χ2n) is 6.19. The van der Waals surface area contributed by atoms with Gasteiger partial charge in [-0.1, -0.05) is 0 Å². The molecular formula is C16H30IN5O3S2. The van der Waals surface area contributed by atoms with Gasteiger partial charge in [0, 0.05) is 45.1 Å². The standard InChI is InChI=1S/C16H29N5O3S2.HI/c1-13-21-14(12-25-13)6-7-18-16(17-2)19-8-10-26(22,23)20-11-15-5-3-4-9-24-15;/h12,15,20H,3-11H2,1-2H3,(H2,17,18,19);1H. The van der Waals surface area contributed by atoms with E-state index < -0.39 is 10.0 Å². The van der Waals surface area contributed by atoms with Crippen LogP contribution in [0.25, 0.3) is 0 Å². The first-order valence-electron chi connectivity index (χ1n) is 8.93. The molecule has 11 heteroatoms. The van der Waals surface area contributed by atoms with E-state index in [4.69, 9.17) is 4.74 Å². The topological polar surface area (TPSA) is 105 Å². The predicted octanol–water partition coefficient (Wildman–Crippen LogP) is 1.27. The molecule has 2 heterocycles. The summed E-state index contributed by atoms with van der Waals surface area (Å²) < 4.78 is 32.3. The van der Waals surface area contributed by atoms with Crippen molar-refractivity contribution in [3.8, 4) is 0 Å². The average molecular weight is 531 g/mol. The number of nitrogens with zero attached hydrogens (tertiary/aromatic N) is 2. The Labute approximate surface area is 183 Å². The maximum atomic E-state index is 12.1. The van der Waals surface area contributed by atoms with E-state index in [1.54, 1.807) is 18.4 Å². The Kier molecular flexibility index (Phi) is 11.7. The number of hydrogen-bond donors (Lipinski definition) is 3. The van der Waals surface area contributed by atoms with Crippen LogP contribution in [0.1, 0.15) is 30.0 Å². The highest BCUT2D eigenvalue weighted by molar-refractivity contribution is 14.0. The maximum absolute atomic E-state index is 12.1. The lowest BCUT2D eigenvalue weighted by molar-refractivity contribution is 0.0200. The molecule has 1 fully saturated rings. The highest BCUT2D eigenvalue weighted by atomic mass is 127. The van der Waals surface area contributed by atoms with E-state index in [0.717, 1.165) is 43.0 Å². The molecule has 0 spiro atoms.